The molecule has 0 saturated carbocycles. The van der Waals surface area contributed by atoms with E-state index >= 15 is 0 Å². The quantitative estimate of drug-likeness (QED) is 0.789. The third kappa shape index (κ3) is 2.54. The van der Waals surface area contributed by atoms with Gasteiger partial charge < -0.3 is 15.5 Å². The normalized spacial score (nSPS) is 28.2. The van der Waals surface area contributed by atoms with Gasteiger partial charge in [-0.15, -0.1) is 0 Å². The van der Waals surface area contributed by atoms with Gasteiger partial charge in [-0.2, -0.15) is 0 Å². The Morgan fingerprint density at radius 1 is 1.21 bits per heavy atom. The van der Waals surface area contributed by atoms with Crippen LogP contribution in [0.1, 0.15) is 19.3 Å². The topological polar surface area (TPSA) is 32.5 Å². The Balaban J connectivity index is 1.77. The van der Waals surface area contributed by atoms with Crippen LogP contribution in [0.2, 0.25) is 0 Å². The van der Waals surface area contributed by atoms with Crippen LogP contribution in [0.25, 0.3) is 0 Å². The summed E-state index contributed by atoms with van der Waals surface area (Å²) in [6.45, 7) is 3.24. The monoisotopic (exact) mass is 263 g/mol. The first-order chi connectivity index (χ1) is 9.13. The molecule has 3 rings (SSSR count). The largest absolute Gasteiger partial charge is 0.399 e. The van der Waals surface area contributed by atoms with Crippen molar-refractivity contribution in [2.24, 2.45) is 5.92 Å². The second-order valence-corrected chi connectivity index (χ2v) is 5.93. The van der Waals surface area contributed by atoms with Crippen LogP contribution in [0.3, 0.4) is 0 Å². The van der Waals surface area contributed by atoms with Crippen LogP contribution in [0.4, 0.5) is 15.8 Å². The lowest BCUT2D eigenvalue weighted by atomic mass is 9.84. The molecule has 19 heavy (non-hydrogen) atoms. The Kier molecular flexibility index (Phi) is 3.35. The molecule has 104 valence electrons. The van der Waals surface area contributed by atoms with E-state index in [1.54, 1.807) is 6.07 Å². The van der Waals surface area contributed by atoms with Crippen LogP contribution >= 0.6 is 0 Å². The summed E-state index contributed by atoms with van der Waals surface area (Å²) in [5.74, 6) is 0.467. The number of nitrogens with zero attached hydrogens (tertiary/aromatic N) is 2. The van der Waals surface area contributed by atoms with E-state index in [1.165, 1.54) is 25.5 Å². The maximum absolute atomic E-state index is 13.5. The van der Waals surface area contributed by atoms with Gasteiger partial charge in [0.15, 0.2) is 0 Å². The molecule has 4 heteroatoms. The van der Waals surface area contributed by atoms with Crippen LogP contribution in [0.5, 0.6) is 0 Å². The molecule has 0 amide bonds. The Labute approximate surface area is 114 Å². The predicted molar refractivity (Wildman–Crippen MR) is 76.8 cm³/mol. The molecule has 2 fully saturated rings. The van der Waals surface area contributed by atoms with Crippen molar-refractivity contribution in [1.29, 1.82) is 0 Å². The van der Waals surface area contributed by atoms with Gasteiger partial charge >= 0.3 is 0 Å². The van der Waals surface area contributed by atoms with Gasteiger partial charge in [-0.3, -0.25) is 0 Å². The van der Waals surface area contributed by atoms with Crippen molar-refractivity contribution in [3.63, 3.8) is 0 Å². The molecular formula is C15H22FN3. The molecule has 1 aromatic carbocycles. The molecule has 2 atom stereocenters. The minimum Gasteiger partial charge on any atom is -0.399 e. The molecule has 1 aromatic rings. The number of piperidine rings is 2. The number of anilines is 2. The summed E-state index contributed by atoms with van der Waals surface area (Å²) in [6, 6.07) is 5.57. The van der Waals surface area contributed by atoms with Crippen molar-refractivity contribution >= 4 is 11.4 Å². The highest BCUT2D eigenvalue weighted by molar-refractivity contribution is 5.56. The summed E-state index contributed by atoms with van der Waals surface area (Å²) >= 11 is 0. The SMILES string of the molecule is CN1CCCC2CN(c3cc(N)cc(F)c3)CCC21. The van der Waals surface area contributed by atoms with Crippen molar-refractivity contribution in [2.45, 2.75) is 25.3 Å². The van der Waals surface area contributed by atoms with Gasteiger partial charge in [0.05, 0.1) is 0 Å². The molecular weight excluding hydrogens is 241 g/mol. The molecule has 2 aliphatic rings. The summed E-state index contributed by atoms with van der Waals surface area (Å²) in [5, 5.41) is 0. The molecule has 0 bridgehead atoms. The zero-order valence-electron chi connectivity index (χ0n) is 11.5. The van der Waals surface area contributed by atoms with Gasteiger partial charge in [0.1, 0.15) is 5.82 Å². The molecule has 2 aliphatic heterocycles. The van der Waals surface area contributed by atoms with Crippen LogP contribution in [0.15, 0.2) is 18.2 Å². The van der Waals surface area contributed by atoms with Crippen molar-refractivity contribution in [3.05, 3.63) is 24.0 Å². The van der Waals surface area contributed by atoms with E-state index in [2.05, 4.69) is 16.8 Å². The van der Waals surface area contributed by atoms with Gasteiger partial charge in [0, 0.05) is 30.5 Å². The highest BCUT2D eigenvalue weighted by atomic mass is 19.1. The first-order valence-electron chi connectivity index (χ1n) is 7.15. The van der Waals surface area contributed by atoms with E-state index in [-0.39, 0.29) is 5.82 Å². The predicted octanol–water partition coefficient (Wildman–Crippen LogP) is 2.33. The fraction of sp³-hybridized carbons (Fsp3) is 0.600. The lowest BCUT2D eigenvalue weighted by molar-refractivity contribution is 0.102. The van der Waals surface area contributed by atoms with E-state index in [0.717, 1.165) is 25.2 Å². The highest BCUT2D eigenvalue weighted by Crippen LogP contribution is 2.32. The number of nitrogens with two attached hydrogens (primary N) is 1. The van der Waals surface area contributed by atoms with E-state index < -0.39 is 0 Å². The van der Waals surface area contributed by atoms with Crippen molar-refractivity contribution < 1.29 is 4.39 Å². The number of rotatable bonds is 1. The van der Waals surface area contributed by atoms with Gasteiger partial charge in [-0.25, -0.2) is 4.39 Å². The number of likely N-dealkylation sites (tertiary alicyclic amines) is 1. The van der Waals surface area contributed by atoms with Crippen molar-refractivity contribution in [2.75, 3.05) is 37.3 Å². The van der Waals surface area contributed by atoms with Crippen molar-refractivity contribution in [1.82, 2.24) is 4.90 Å². The molecule has 2 heterocycles. The number of nitrogen functional groups attached to an aromatic ring is 1. The molecule has 2 saturated heterocycles. The summed E-state index contributed by atoms with van der Waals surface area (Å²) in [5.41, 5.74) is 7.19. The molecule has 2 unspecified atom stereocenters. The molecule has 0 radical (unpaired) electrons. The Morgan fingerprint density at radius 2 is 2.05 bits per heavy atom. The van der Waals surface area contributed by atoms with E-state index in [4.69, 9.17) is 5.73 Å². The summed E-state index contributed by atoms with van der Waals surface area (Å²) < 4.78 is 13.5. The van der Waals surface area contributed by atoms with E-state index in [1.807, 2.05) is 6.07 Å². The fourth-order valence-electron chi connectivity index (χ4n) is 3.67. The number of hydrogen-bond acceptors (Lipinski definition) is 3. The van der Waals surface area contributed by atoms with Crippen molar-refractivity contribution in [3.8, 4) is 0 Å². The molecule has 0 aromatic heterocycles. The van der Waals surface area contributed by atoms with Gasteiger partial charge in [-0.1, -0.05) is 0 Å². The van der Waals surface area contributed by atoms with Crippen LogP contribution in [-0.2, 0) is 0 Å². The second-order valence-electron chi connectivity index (χ2n) is 5.93. The first kappa shape index (κ1) is 12.7. The molecule has 3 nitrogen and oxygen atoms in total. The van der Waals surface area contributed by atoms with Gasteiger partial charge in [0.25, 0.3) is 0 Å². The zero-order chi connectivity index (χ0) is 13.4. The highest BCUT2D eigenvalue weighted by Gasteiger charge is 2.34. The third-order valence-electron chi connectivity index (χ3n) is 4.62. The number of hydrogen-bond donors (Lipinski definition) is 1. The lowest BCUT2D eigenvalue weighted by Crippen LogP contribution is -2.52. The van der Waals surface area contributed by atoms with Crippen LogP contribution < -0.4 is 10.6 Å². The summed E-state index contributed by atoms with van der Waals surface area (Å²) in [6.07, 6.45) is 3.73. The van der Waals surface area contributed by atoms with Crippen LogP contribution in [0, 0.1) is 11.7 Å². The maximum atomic E-state index is 13.5. The molecule has 0 spiro atoms. The van der Waals surface area contributed by atoms with E-state index in [0.29, 0.717) is 17.6 Å². The van der Waals surface area contributed by atoms with Gasteiger partial charge in [-0.05, 0) is 57.0 Å². The Hall–Kier alpha value is -1.29. The minimum absolute atomic E-state index is 0.238. The third-order valence-corrected chi connectivity index (χ3v) is 4.62. The zero-order valence-corrected chi connectivity index (χ0v) is 11.5. The maximum Gasteiger partial charge on any atom is 0.127 e. The number of halogens is 1. The van der Waals surface area contributed by atoms with Crippen LogP contribution in [-0.4, -0.2) is 37.6 Å². The van der Waals surface area contributed by atoms with E-state index in [9.17, 15) is 4.39 Å². The Bertz CT molecular complexity index is 442. The average molecular weight is 263 g/mol. The lowest BCUT2D eigenvalue weighted by Gasteiger charge is -2.46. The number of benzene rings is 1. The minimum atomic E-state index is -0.238. The fourth-order valence-corrected chi connectivity index (χ4v) is 3.67. The van der Waals surface area contributed by atoms with Gasteiger partial charge in [0.2, 0.25) is 0 Å². The number of fused-ring (bicyclic) bond motifs is 1. The summed E-state index contributed by atoms with van der Waals surface area (Å²) in [7, 11) is 2.23. The summed E-state index contributed by atoms with van der Waals surface area (Å²) in [4.78, 5) is 4.78. The Morgan fingerprint density at radius 3 is 2.84 bits per heavy atom. The molecule has 0 aliphatic carbocycles. The average Bonchev–Trinajstić information content (AvgIpc) is 2.37. The second kappa shape index (κ2) is 5.00. The molecule has 2 N–H and O–H groups in total. The first-order valence-corrected chi connectivity index (χ1v) is 7.15. The standard InChI is InChI=1S/C15H22FN3/c1-18-5-2-3-11-10-19(6-4-15(11)18)14-8-12(16)7-13(17)9-14/h7-9,11,15H,2-6,10,17H2,1H3. The smallest absolute Gasteiger partial charge is 0.127 e.